The van der Waals surface area contributed by atoms with Crippen LogP contribution in [0.2, 0.25) is 5.02 Å². The van der Waals surface area contributed by atoms with Crippen LogP contribution in [0.25, 0.3) is 0 Å². The molecule has 0 aliphatic carbocycles. The van der Waals surface area contributed by atoms with E-state index in [1.54, 1.807) is 0 Å². The lowest BCUT2D eigenvalue weighted by Crippen LogP contribution is -2.34. The van der Waals surface area contributed by atoms with E-state index in [1.165, 1.54) is 5.56 Å². The molecule has 164 valence electrons. The highest BCUT2D eigenvalue weighted by atomic mass is 79.9. The molecular formula is C26H23Br2ClN2O. The topological polar surface area (TPSA) is 24.8 Å². The number of fused-ring (bicyclic) bond motifs is 3. The monoisotopic (exact) mass is 572 g/mol. The number of hydrogen-bond acceptors (Lipinski definition) is 3. The van der Waals surface area contributed by atoms with Crippen molar-refractivity contribution in [2.45, 2.75) is 44.9 Å². The Morgan fingerprint density at radius 1 is 1.00 bits per heavy atom. The Morgan fingerprint density at radius 3 is 2.34 bits per heavy atom. The first-order valence-electron chi connectivity index (χ1n) is 10.6. The van der Waals surface area contributed by atoms with Crippen LogP contribution in [0.1, 0.15) is 61.7 Å². The molecule has 2 aliphatic heterocycles. The Balaban J connectivity index is 1.59. The van der Waals surface area contributed by atoms with Gasteiger partial charge in [0.15, 0.2) is 0 Å². The first-order chi connectivity index (χ1) is 15.2. The summed E-state index contributed by atoms with van der Waals surface area (Å²) in [4.78, 5) is 0. The van der Waals surface area contributed by atoms with E-state index in [9.17, 15) is 0 Å². The quantitative estimate of drug-likeness (QED) is 0.307. The molecule has 32 heavy (non-hydrogen) atoms. The maximum absolute atomic E-state index is 6.58. The normalized spacial score (nSPS) is 19.8. The van der Waals surface area contributed by atoms with Crippen LogP contribution in [0.3, 0.4) is 0 Å². The number of ether oxygens (including phenoxy) is 1. The minimum Gasteiger partial charge on any atom is -0.463 e. The molecule has 3 aromatic rings. The minimum atomic E-state index is -0.302. The number of halogens is 3. The lowest BCUT2D eigenvalue weighted by molar-refractivity contribution is -0.0197. The Hall–Kier alpha value is -1.82. The van der Waals surface area contributed by atoms with E-state index in [-0.39, 0.29) is 17.7 Å². The zero-order valence-electron chi connectivity index (χ0n) is 18.1. The summed E-state index contributed by atoms with van der Waals surface area (Å²) in [7, 11) is 0. The maximum atomic E-state index is 6.58. The van der Waals surface area contributed by atoms with Crippen molar-refractivity contribution in [1.82, 2.24) is 5.01 Å². The van der Waals surface area contributed by atoms with Crippen LogP contribution in [0.15, 0.2) is 74.7 Å². The van der Waals surface area contributed by atoms with Crippen molar-refractivity contribution in [3.63, 3.8) is 0 Å². The van der Waals surface area contributed by atoms with Gasteiger partial charge >= 0.3 is 0 Å². The standard InChI is InChI=1S/C26H23Br2ClN2O/c1-26(2,3)17-8-4-16(5-9-17)25-31-23(20-12-18(27)13-21(28)24(20)32-25)14-22(30-31)15-6-10-19(29)11-7-15/h4-13,23,25H,14H2,1-3H3/t23-,25-/m0/s1. The first kappa shape index (κ1) is 22.0. The predicted molar refractivity (Wildman–Crippen MR) is 138 cm³/mol. The summed E-state index contributed by atoms with van der Waals surface area (Å²) in [5.74, 6) is 0.881. The zero-order chi connectivity index (χ0) is 22.6. The second-order valence-corrected chi connectivity index (χ2v) is 11.5. The number of rotatable bonds is 2. The van der Waals surface area contributed by atoms with Crippen molar-refractivity contribution in [1.29, 1.82) is 0 Å². The average molecular weight is 575 g/mol. The van der Waals surface area contributed by atoms with E-state index in [1.807, 2.05) is 30.3 Å². The zero-order valence-corrected chi connectivity index (χ0v) is 22.0. The number of hydrazone groups is 1. The van der Waals surface area contributed by atoms with Crippen LogP contribution in [-0.4, -0.2) is 10.7 Å². The Bertz CT molecular complexity index is 1200. The molecule has 6 heteroatoms. The number of benzene rings is 3. The van der Waals surface area contributed by atoms with Gasteiger partial charge in [0.2, 0.25) is 6.23 Å². The molecule has 0 saturated carbocycles. The Morgan fingerprint density at radius 2 is 1.69 bits per heavy atom. The smallest absolute Gasteiger partial charge is 0.213 e. The van der Waals surface area contributed by atoms with Crippen molar-refractivity contribution < 1.29 is 4.74 Å². The molecule has 0 radical (unpaired) electrons. The predicted octanol–water partition coefficient (Wildman–Crippen LogP) is 8.40. The van der Waals surface area contributed by atoms with Gasteiger partial charge < -0.3 is 4.74 Å². The molecule has 0 N–H and O–H groups in total. The highest BCUT2D eigenvalue weighted by molar-refractivity contribution is 9.11. The summed E-state index contributed by atoms with van der Waals surface area (Å²) < 4.78 is 8.53. The number of nitrogens with zero attached hydrogens (tertiary/aromatic N) is 2. The van der Waals surface area contributed by atoms with Gasteiger partial charge in [0.25, 0.3) is 0 Å². The molecule has 0 aromatic heterocycles. The van der Waals surface area contributed by atoms with E-state index in [2.05, 4.69) is 88.0 Å². The summed E-state index contributed by atoms with van der Waals surface area (Å²) in [6.07, 6.45) is 0.501. The minimum absolute atomic E-state index is 0.0884. The molecule has 5 rings (SSSR count). The van der Waals surface area contributed by atoms with Crippen molar-refractivity contribution in [2.75, 3.05) is 0 Å². The third kappa shape index (κ3) is 4.00. The molecule has 2 atom stereocenters. The molecule has 0 spiro atoms. The largest absolute Gasteiger partial charge is 0.463 e. The van der Waals surface area contributed by atoms with E-state index < -0.39 is 0 Å². The van der Waals surface area contributed by atoms with Gasteiger partial charge in [0, 0.05) is 27.0 Å². The van der Waals surface area contributed by atoms with Gasteiger partial charge in [0.05, 0.1) is 16.2 Å². The van der Waals surface area contributed by atoms with E-state index >= 15 is 0 Å². The first-order valence-corrected chi connectivity index (χ1v) is 12.5. The summed E-state index contributed by atoms with van der Waals surface area (Å²) in [6, 6.07) is 20.9. The Kier molecular flexibility index (Phi) is 5.63. The van der Waals surface area contributed by atoms with Crippen molar-refractivity contribution in [3.05, 3.63) is 96.9 Å². The van der Waals surface area contributed by atoms with Gasteiger partial charge in [-0.25, -0.2) is 5.01 Å². The van der Waals surface area contributed by atoms with Gasteiger partial charge in [-0.05, 0) is 56.7 Å². The third-order valence-corrected chi connectivity index (χ3v) is 7.35. The van der Waals surface area contributed by atoms with Gasteiger partial charge in [-0.15, -0.1) is 0 Å². The summed E-state index contributed by atoms with van der Waals surface area (Å²) in [5, 5.41) is 7.88. The lowest BCUT2D eigenvalue weighted by atomic mass is 9.86. The summed E-state index contributed by atoms with van der Waals surface area (Å²) >= 11 is 13.5. The highest BCUT2D eigenvalue weighted by Crippen LogP contribution is 2.51. The molecule has 3 aromatic carbocycles. The van der Waals surface area contributed by atoms with Gasteiger partial charge in [-0.3, -0.25) is 0 Å². The molecule has 2 heterocycles. The van der Waals surface area contributed by atoms with Crippen molar-refractivity contribution in [2.24, 2.45) is 5.10 Å². The van der Waals surface area contributed by atoms with Gasteiger partial charge in [-0.1, -0.05) is 84.7 Å². The van der Waals surface area contributed by atoms with Crippen LogP contribution < -0.4 is 4.74 Å². The van der Waals surface area contributed by atoms with Crippen molar-refractivity contribution in [3.8, 4) is 5.75 Å². The molecule has 0 unspecified atom stereocenters. The van der Waals surface area contributed by atoms with E-state index in [0.717, 1.165) is 48.5 Å². The Labute approximate surface area is 210 Å². The van der Waals surface area contributed by atoms with Crippen LogP contribution in [-0.2, 0) is 5.41 Å². The highest BCUT2D eigenvalue weighted by Gasteiger charge is 2.42. The number of hydrogen-bond donors (Lipinski definition) is 0. The van der Waals surface area contributed by atoms with Crippen molar-refractivity contribution >= 4 is 49.2 Å². The van der Waals surface area contributed by atoms with Gasteiger partial charge in [-0.2, -0.15) is 5.10 Å². The molecule has 0 amide bonds. The molecule has 2 aliphatic rings. The second kappa shape index (κ2) is 8.19. The molecule has 0 saturated heterocycles. The molecular weight excluding hydrogens is 552 g/mol. The maximum Gasteiger partial charge on any atom is 0.213 e. The average Bonchev–Trinajstić information content (AvgIpc) is 3.19. The molecule has 0 bridgehead atoms. The molecule has 3 nitrogen and oxygen atoms in total. The lowest BCUT2D eigenvalue weighted by Gasteiger charge is -2.39. The third-order valence-electron chi connectivity index (χ3n) is 6.05. The van der Waals surface area contributed by atoms with Crippen LogP contribution >= 0.6 is 43.5 Å². The molecule has 0 fully saturated rings. The SMILES string of the molecule is CC(C)(C)c1ccc([C@@H]2Oc3c(Br)cc(Br)cc3[C@@H]3CC(c4ccc(Cl)cc4)=NN32)cc1. The van der Waals surface area contributed by atoms with Crippen LogP contribution in [0.4, 0.5) is 0 Å². The fourth-order valence-corrected chi connectivity index (χ4v) is 5.78. The van der Waals surface area contributed by atoms with Crippen LogP contribution in [0.5, 0.6) is 5.75 Å². The van der Waals surface area contributed by atoms with Crippen LogP contribution in [0, 0.1) is 0 Å². The van der Waals surface area contributed by atoms with Gasteiger partial charge in [0.1, 0.15) is 5.75 Å². The fraction of sp³-hybridized carbons (Fsp3) is 0.269. The summed E-state index contributed by atoms with van der Waals surface area (Å²) in [5.41, 5.74) is 5.73. The summed E-state index contributed by atoms with van der Waals surface area (Å²) in [6.45, 7) is 6.68. The van der Waals surface area contributed by atoms with E-state index in [4.69, 9.17) is 21.4 Å². The fourth-order valence-electron chi connectivity index (χ4n) is 4.30. The second-order valence-electron chi connectivity index (χ2n) is 9.30. The van der Waals surface area contributed by atoms with E-state index in [0.29, 0.717) is 0 Å².